The van der Waals surface area contributed by atoms with E-state index in [-0.39, 0.29) is 11.9 Å². The molecule has 1 aliphatic carbocycles. The fraction of sp³-hybridized carbons (Fsp3) is 0.667. The van der Waals surface area contributed by atoms with Crippen molar-refractivity contribution in [3.05, 3.63) is 22.4 Å². The van der Waals surface area contributed by atoms with Crippen molar-refractivity contribution in [3.8, 4) is 0 Å². The smallest absolute Gasteiger partial charge is 0.230 e. The molecule has 1 unspecified atom stereocenters. The van der Waals surface area contributed by atoms with E-state index in [1.807, 2.05) is 4.68 Å². The summed E-state index contributed by atoms with van der Waals surface area (Å²) >= 11 is 3.15. The number of nitrogens with zero attached hydrogens (tertiary/aromatic N) is 5. The summed E-state index contributed by atoms with van der Waals surface area (Å²) in [7, 11) is 0. The molecule has 1 atom stereocenters. The molecule has 0 radical (unpaired) electrons. The van der Waals surface area contributed by atoms with Crippen molar-refractivity contribution in [2.45, 2.75) is 42.9 Å². The van der Waals surface area contributed by atoms with Crippen LogP contribution in [0.1, 0.15) is 42.6 Å². The first kappa shape index (κ1) is 19.8. The van der Waals surface area contributed by atoms with Gasteiger partial charge in [-0.2, -0.15) is 0 Å². The Balaban J connectivity index is 1.30. The topological polar surface area (TPSA) is 85.2 Å². The second kappa shape index (κ2) is 9.82. The minimum Gasteiger partial charge on any atom is -0.379 e. The molecule has 0 spiro atoms. The summed E-state index contributed by atoms with van der Waals surface area (Å²) in [6.07, 6.45) is 4.68. The molecule has 1 aliphatic heterocycles. The van der Waals surface area contributed by atoms with Crippen molar-refractivity contribution in [2.24, 2.45) is 0 Å². The summed E-state index contributed by atoms with van der Waals surface area (Å²) in [6.45, 7) is 3.88. The lowest BCUT2D eigenvalue weighted by atomic mass is 10.2. The summed E-state index contributed by atoms with van der Waals surface area (Å²) in [5, 5.41) is 18.0. The Hall–Kier alpha value is -1.49. The van der Waals surface area contributed by atoms with Crippen LogP contribution in [0.4, 0.5) is 0 Å². The van der Waals surface area contributed by atoms with Gasteiger partial charge in [-0.15, -0.1) is 16.4 Å². The number of morpholine rings is 1. The minimum atomic E-state index is 0.0146. The number of aromatic nitrogens is 4. The summed E-state index contributed by atoms with van der Waals surface area (Å²) in [6, 6.07) is 4.78. The Morgan fingerprint density at radius 1 is 1.36 bits per heavy atom. The van der Waals surface area contributed by atoms with Gasteiger partial charge in [0.2, 0.25) is 11.1 Å². The number of nitrogens with one attached hydrogen (secondary N) is 1. The molecule has 1 saturated heterocycles. The van der Waals surface area contributed by atoms with Gasteiger partial charge in [-0.3, -0.25) is 9.69 Å². The molecule has 1 amide bonds. The van der Waals surface area contributed by atoms with Crippen molar-refractivity contribution >= 4 is 29.0 Å². The highest BCUT2D eigenvalue weighted by Crippen LogP contribution is 2.31. The monoisotopic (exact) mass is 422 g/mol. The summed E-state index contributed by atoms with van der Waals surface area (Å²) in [4.78, 5) is 16.1. The van der Waals surface area contributed by atoms with E-state index in [2.05, 4.69) is 43.3 Å². The van der Waals surface area contributed by atoms with Gasteiger partial charge in [0, 0.05) is 24.5 Å². The SMILES string of the molecule is O=C(CSc1nnnn1C1CCCC1)NCC(c1cccs1)N1CCOCC1. The molecule has 2 fully saturated rings. The lowest BCUT2D eigenvalue weighted by Crippen LogP contribution is -2.43. The highest BCUT2D eigenvalue weighted by Gasteiger charge is 2.25. The molecule has 10 heteroatoms. The lowest BCUT2D eigenvalue weighted by Gasteiger charge is -2.34. The Kier molecular flexibility index (Phi) is 6.95. The third kappa shape index (κ3) is 4.91. The Morgan fingerprint density at radius 2 is 2.18 bits per heavy atom. The van der Waals surface area contributed by atoms with Crippen molar-refractivity contribution < 1.29 is 9.53 Å². The van der Waals surface area contributed by atoms with Crippen molar-refractivity contribution in [3.63, 3.8) is 0 Å². The number of amides is 1. The van der Waals surface area contributed by atoms with Crippen molar-refractivity contribution in [1.29, 1.82) is 0 Å². The number of carbonyl (C=O) groups is 1. The third-order valence-electron chi connectivity index (χ3n) is 5.32. The van der Waals surface area contributed by atoms with E-state index in [1.54, 1.807) is 11.3 Å². The molecular weight excluding hydrogens is 396 g/mol. The quantitative estimate of drug-likeness (QED) is 0.652. The molecule has 28 heavy (non-hydrogen) atoms. The van der Waals surface area contributed by atoms with Crippen LogP contribution in [0.5, 0.6) is 0 Å². The second-order valence-electron chi connectivity index (χ2n) is 7.12. The van der Waals surface area contributed by atoms with Crippen molar-refractivity contribution in [1.82, 2.24) is 30.4 Å². The van der Waals surface area contributed by atoms with Crippen LogP contribution < -0.4 is 5.32 Å². The summed E-state index contributed by atoms with van der Waals surface area (Å²) < 4.78 is 7.37. The molecule has 0 aromatic carbocycles. The van der Waals surface area contributed by atoms with Gasteiger partial charge in [-0.05, 0) is 34.7 Å². The Bertz CT molecular complexity index is 741. The van der Waals surface area contributed by atoms with E-state index in [0.717, 1.165) is 44.3 Å². The lowest BCUT2D eigenvalue weighted by molar-refractivity contribution is -0.118. The van der Waals surface area contributed by atoms with Crippen LogP contribution in [-0.4, -0.2) is 69.6 Å². The number of tetrazole rings is 1. The number of thioether (sulfide) groups is 1. The molecule has 3 heterocycles. The first-order valence-corrected chi connectivity index (χ1v) is 11.7. The van der Waals surface area contributed by atoms with E-state index in [1.165, 1.54) is 29.5 Å². The predicted octanol–water partition coefficient (Wildman–Crippen LogP) is 2.13. The average molecular weight is 423 g/mol. The van der Waals surface area contributed by atoms with Gasteiger partial charge in [0.1, 0.15) is 0 Å². The molecule has 4 rings (SSSR count). The minimum absolute atomic E-state index is 0.0146. The van der Waals surface area contributed by atoms with Crippen LogP contribution in [0.2, 0.25) is 0 Å². The molecule has 2 aromatic rings. The van der Waals surface area contributed by atoms with Gasteiger partial charge >= 0.3 is 0 Å². The van der Waals surface area contributed by atoms with Crippen LogP contribution in [0.25, 0.3) is 0 Å². The van der Waals surface area contributed by atoms with E-state index < -0.39 is 0 Å². The standard InChI is InChI=1S/C18H26N6O2S2/c25-17(13-28-18-20-21-22-24(18)14-4-1-2-5-14)19-12-15(16-6-3-11-27-16)23-7-9-26-10-8-23/h3,6,11,14-15H,1-2,4-5,7-10,12-13H2,(H,19,25). The summed E-state index contributed by atoms with van der Waals surface area (Å²) in [5.41, 5.74) is 0. The van der Waals surface area contributed by atoms with Crippen LogP contribution in [-0.2, 0) is 9.53 Å². The molecule has 2 aliphatic rings. The van der Waals surface area contributed by atoms with E-state index >= 15 is 0 Å². The first-order valence-electron chi connectivity index (χ1n) is 9.84. The number of carbonyl (C=O) groups excluding carboxylic acids is 1. The van der Waals surface area contributed by atoms with Crippen LogP contribution in [0, 0.1) is 0 Å². The van der Waals surface area contributed by atoms with E-state index in [0.29, 0.717) is 18.3 Å². The zero-order chi connectivity index (χ0) is 19.2. The highest BCUT2D eigenvalue weighted by molar-refractivity contribution is 7.99. The molecule has 2 aromatic heterocycles. The number of hydrogen-bond donors (Lipinski definition) is 1. The third-order valence-corrected chi connectivity index (χ3v) is 7.22. The Labute approximate surface area is 173 Å². The van der Waals surface area contributed by atoms with Gasteiger partial charge in [0.25, 0.3) is 0 Å². The molecule has 152 valence electrons. The van der Waals surface area contributed by atoms with Crippen LogP contribution >= 0.6 is 23.1 Å². The van der Waals surface area contributed by atoms with Crippen LogP contribution in [0.3, 0.4) is 0 Å². The first-order chi connectivity index (χ1) is 13.8. The molecular formula is C18H26N6O2S2. The number of thiophene rings is 1. The highest BCUT2D eigenvalue weighted by atomic mass is 32.2. The zero-order valence-corrected chi connectivity index (χ0v) is 17.5. The molecule has 8 nitrogen and oxygen atoms in total. The maximum atomic E-state index is 12.5. The predicted molar refractivity (Wildman–Crippen MR) is 109 cm³/mol. The molecule has 0 bridgehead atoms. The van der Waals surface area contributed by atoms with E-state index in [4.69, 9.17) is 4.74 Å². The van der Waals surface area contributed by atoms with Gasteiger partial charge in [0.05, 0.1) is 31.1 Å². The molecule has 1 saturated carbocycles. The maximum absolute atomic E-state index is 12.5. The number of rotatable bonds is 8. The number of hydrogen-bond acceptors (Lipinski definition) is 8. The molecule has 1 N–H and O–H groups in total. The summed E-state index contributed by atoms with van der Waals surface area (Å²) in [5.74, 6) is 0.341. The van der Waals surface area contributed by atoms with Crippen molar-refractivity contribution in [2.75, 3.05) is 38.6 Å². The average Bonchev–Trinajstić information content (AvgIpc) is 3.49. The fourth-order valence-corrected chi connectivity index (χ4v) is 5.47. The number of ether oxygens (including phenoxy) is 1. The largest absolute Gasteiger partial charge is 0.379 e. The Morgan fingerprint density at radius 3 is 2.93 bits per heavy atom. The van der Waals surface area contributed by atoms with Crippen LogP contribution in [0.15, 0.2) is 22.7 Å². The second-order valence-corrected chi connectivity index (χ2v) is 9.04. The van der Waals surface area contributed by atoms with Gasteiger partial charge in [0.15, 0.2) is 0 Å². The van der Waals surface area contributed by atoms with Gasteiger partial charge < -0.3 is 10.1 Å². The zero-order valence-electron chi connectivity index (χ0n) is 15.8. The van der Waals surface area contributed by atoms with E-state index in [9.17, 15) is 4.79 Å². The fourth-order valence-electron chi connectivity index (χ4n) is 3.83. The normalized spacial score (nSPS) is 19.7. The maximum Gasteiger partial charge on any atom is 0.230 e. The van der Waals surface area contributed by atoms with Gasteiger partial charge in [-0.25, -0.2) is 4.68 Å². The van der Waals surface area contributed by atoms with Gasteiger partial charge in [-0.1, -0.05) is 30.7 Å².